The first-order valence-electron chi connectivity index (χ1n) is 8.54. The molecule has 0 radical (unpaired) electrons. The number of carbonyl (C=O) groups is 1. The highest BCUT2D eigenvalue weighted by Gasteiger charge is 2.20. The first-order valence-corrected chi connectivity index (χ1v) is 8.54. The number of aliphatic hydroxyl groups is 1. The minimum absolute atomic E-state index is 0.144. The maximum absolute atomic E-state index is 13.0. The van der Waals surface area contributed by atoms with E-state index < -0.39 is 0 Å². The summed E-state index contributed by atoms with van der Waals surface area (Å²) in [6.07, 6.45) is 4.91. The van der Waals surface area contributed by atoms with Gasteiger partial charge in [0, 0.05) is 38.1 Å². The van der Waals surface area contributed by atoms with E-state index in [1.54, 1.807) is 28.3 Å². The van der Waals surface area contributed by atoms with E-state index in [0.29, 0.717) is 18.0 Å². The number of allylic oxidation sites excluding steroid dienone is 1. The van der Waals surface area contributed by atoms with E-state index in [1.165, 1.54) is 11.1 Å². The molecule has 0 aliphatic carbocycles. The summed E-state index contributed by atoms with van der Waals surface area (Å²) in [6.45, 7) is 7.74. The number of hydrogen-bond donors (Lipinski definition) is 1. The molecular weight excluding hydrogens is 348 g/mol. The monoisotopic (exact) mass is 370 g/mol. The molecule has 0 atom stereocenters. The third kappa shape index (κ3) is 3.31. The molecule has 27 heavy (non-hydrogen) atoms. The van der Waals surface area contributed by atoms with Gasteiger partial charge in [0.2, 0.25) is 5.65 Å². The highest BCUT2D eigenvalue weighted by molar-refractivity contribution is 5.92. The number of imidazole rings is 1. The van der Waals surface area contributed by atoms with Crippen molar-refractivity contribution < 1.29 is 14.3 Å². The first kappa shape index (κ1) is 18.7. The van der Waals surface area contributed by atoms with Crippen molar-refractivity contribution in [2.45, 2.75) is 20.4 Å². The third-order valence-corrected chi connectivity index (χ3v) is 4.35. The number of rotatable bonds is 6. The Hall–Kier alpha value is -3.13. The van der Waals surface area contributed by atoms with Gasteiger partial charge in [-0.3, -0.25) is 18.6 Å². The molecule has 0 saturated heterocycles. The van der Waals surface area contributed by atoms with Crippen LogP contribution in [0.5, 0.6) is 0 Å². The molecule has 0 spiro atoms. The molecule has 0 fully saturated rings. The summed E-state index contributed by atoms with van der Waals surface area (Å²) in [5.74, 6) is 1.08. The van der Waals surface area contributed by atoms with Gasteiger partial charge in [0.05, 0.1) is 12.3 Å². The van der Waals surface area contributed by atoms with Crippen molar-refractivity contribution in [3.8, 4) is 11.3 Å². The number of amides is 1. The van der Waals surface area contributed by atoms with Crippen LogP contribution >= 0.6 is 0 Å². The lowest BCUT2D eigenvalue weighted by molar-refractivity contribution is 0.0762. The zero-order valence-electron chi connectivity index (χ0n) is 15.6. The van der Waals surface area contributed by atoms with Gasteiger partial charge in [-0.1, -0.05) is 6.08 Å². The Labute approximate surface area is 156 Å². The predicted molar refractivity (Wildman–Crippen MR) is 101 cm³/mol. The minimum Gasteiger partial charge on any atom is -0.466 e. The van der Waals surface area contributed by atoms with E-state index in [1.807, 2.05) is 19.9 Å². The van der Waals surface area contributed by atoms with Crippen molar-refractivity contribution in [1.29, 1.82) is 0 Å². The van der Waals surface area contributed by atoms with Crippen LogP contribution in [-0.2, 0) is 6.54 Å². The lowest BCUT2D eigenvalue weighted by Crippen LogP contribution is -2.29. The lowest BCUT2D eigenvalue weighted by atomic mass is 10.2. The van der Waals surface area contributed by atoms with E-state index in [2.05, 4.69) is 11.6 Å². The average Bonchev–Trinajstić information content (AvgIpc) is 3.19. The van der Waals surface area contributed by atoms with Gasteiger partial charge in [0.1, 0.15) is 17.2 Å². The SMILES string of the molecule is C=CCn1c(-c2cc(C)oc2C)cn2cc(C(=O)N(C)CCO)nc2c1=O. The molecule has 0 aliphatic heterocycles. The van der Waals surface area contributed by atoms with Gasteiger partial charge in [0.25, 0.3) is 11.5 Å². The fraction of sp³-hybridized carbons (Fsp3) is 0.316. The number of aromatic nitrogens is 3. The van der Waals surface area contributed by atoms with Gasteiger partial charge in [-0.15, -0.1) is 6.58 Å². The summed E-state index contributed by atoms with van der Waals surface area (Å²) >= 11 is 0. The van der Waals surface area contributed by atoms with E-state index in [4.69, 9.17) is 9.52 Å². The highest BCUT2D eigenvalue weighted by Crippen LogP contribution is 2.26. The highest BCUT2D eigenvalue weighted by atomic mass is 16.3. The lowest BCUT2D eigenvalue weighted by Gasteiger charge is -2.13. The Morgan fingerprint density at radius 2 is 2.15 bits per heavy atom. The van der Waals surface area contributed by atoms with Gasteiger partial charge >= 0.3 is 0 Å². The Kier molecular flexibility index (Phi) is 5.00. The molecule has 3 heterocycles. The zero-order chi connectivity index (χ0) is 19.7. The van der Waals surface area contributed by atoms with Crippen LogP contribution in [0.4, 0.5) is 0 Å². The van der Waals surface area contributed by atoms with Crippen molar-refractivity contribution >= 4 is 11.6 Å². The molecule has 8 nitrogen and oxygen atoms in total. The van der Waals surface area contributed by atoms with Crippen molar-refractivity contribution in [2.75, 3.05) is 20.2 Å². The maximum atomic E-state index is 13.0. The number of hydrogen-bond acceptors (Lipinski definition) is 5. The predicted octanol–water partition coefficient (Wildman–Crippen LogP) is 1.62. The van der Waals surface area contributed by atoms with Crippen molar-refractivity contribution in [1.82, 2.24) is 18.9 Å². The third-order valence-electron chi connectivity index (χ3n) is 4.35. The topological polar surface area (TPSA) is 93.0 Å². The second kappa shape index (κ2) is 7.24. The normalized spacial score (nSPS) is 11.1. The number of aryl methyl sites for hydroxylation is 2. The van der Waals surface area contributed by atoms with Gasteiger partial charge in [-0.25, -0.2) is 4.98 Å². The maximum Gasteiger partial charge on any atom is 0.295 e. The van der Waals surface area contributed by atoms with Crippen LogP contribution in [0.15, 0.2) is 40.3 Å². The van der Waals surface area contributed by atoms with Crippen molar-refractivity contribution in [3.05, 3.63) is 58.7 Å². The van der Waals surface area contributed by atoms with Crippen LogP contribution in [-0.4, -0.2) is 50.1 Å². The van der Waals surface area contributed by atoms with E-state index in [0.717, 1.165) is 11.3 Å². The van der Waals surface area contributed by atoms with Crippen LogP contribution in [0.25, 0.3) is 16.9 Å². The fourth-order valence-electron chi connectivity index (χ4n) is 3.04. The molecule has 0 saturated carbocycles. The average molecular weight is 370 g/mol. The summed E-state index contributed by atoms with van der Waals surface area (Å²) in [4.78, 5) is 31.0. The van der Waals surface area contributed by atoms with Gasteiger partial charge in [-0.05, 0) is 19.9 Å². The summed E-state index contributed by atoms with van der Waals surface area (Å²) < 4.78 is 8.71. The molecular formula is C19H22N4O4. The molecule has 142 valence electrons. The summed E-state index contributed by atoms with van der Waals surface area (Å²) in [5, 5.41) is 9.01. The van der Waals surface area contributed by atoms with Crippen LogP contribution < -0.4 is 5.56 Å². The standard InChI is InChI=1S/C19H22N4O4/c1-5-6-23-16(14-9-12(2)27-13(14)3)11-22-10-15(20-17(22)19(23)26)18(25)21(4)7-8-24/h5,9-11,24H,1,6-8H2,2-4H3. The van der Waals surface area contributed by atoms with Gasteiger partial charge in [0.15, 0.2) is 0 Å². The Morgan fingerprint density at radius 1 is 1.41 bits per heavy atom. The van der Waals surface area contributed by atoms with E-state index >= 15 is 0 Å². The van der Waals surface area contributed by atoms with Gasteiger partial charge < -0.3 is 14.4 Å². The van der Waals surface area contributed by atoms with E-state index in [-0.39, 0.29) is 36.0 Å². The van der Waals surface area contributed by atoms with Crippen LogP contribution in [0, 0.1) is 13.8 Å². The second-order valence-electron chi connectivity index (χ2n) is 6.35. The molecule has 3 aromatic rings. The summed E-state index contributed by atoms with van der Waals surface area (Å²) in [6, 6.07) is 1.87. The number of aliphatic hydroxyl groups excluding tert-OH is 1. The number of fused-ring (bicyclic) bond motifs is 1. The largest absolute Gasteiger partial charge is 0.466 e. The zero-order valence-corrected chi connectivity index (χ0v) is 15.6. The Bertz CT molecular complexity index is 1070. The molecule has 0 aliphatic rings. The number of furan rings is 1. The van der Waals surface area contributed by atoms with Crippen molar-refractivity contribution in [3.63, 3.8) is 0 Å². The number of likely N-dealkylation sites (N-methyl/N-ethyl adjacent to an activating group) is 1. The minimum atomic E-state index is -0.362. The molecule has 3 aromatic heterocycles. The van der Waals surface area contributed by atoms with Gasteiger partial charge in [-0.2, -0.15) is 0 Å². The Morgan fingerprint density at radius 3 is 2.74 bits per heavy atom. The molecule has 3 rings (SSSR count). The second-order valence-corrected chi connectivity index (χ2v) is 6.35. The first-order chi connectivity index (χ1) is 12.9. The summed E-state index contributed by atoms with van der Waals surface area (Å²) in [5.41, 5.74) is 1.42. The fourth-order valence-corrected chi connectivity index (χ4v) is 3.04. The quantitative estimate of drug-likeness (QED) is 0.666. The molecule has 0 unspecified atom stereocenters. The molecule has 8 heteroatoms. The van der Waals surface area contributed by atoms with Crippen LogP contribution in [0.3, 0.4) is 0 Å². The van der Waals surface area contributed by atoms with Crippen LogP contribution in [0.2, 0.25) is 0 Å². The number of nitrogens with zero attached hydrogens (tertiary/aromatic N) is 4. The molecule has 1 N–H and O–H groups in total. The van der Waals surface area contributed by atoms with E-state index in [9.17, 15) is 9.59 Å². The Balaban J connectivity index is 2.21. The molecule has 0 aromatic carbocycles. The van der Waals surface area contributed by atoms with Crippen LogP contribution in [0.1, 0.15) is 22.0 Å². The smallest absolute Gasteiger partial charge is 0.295 e. The molecule has 0 bridgehead atoms. The number of carbonyl (C=O) groups excluding carboxylic acids is 1. The van der Waals surface area contributed by atoms with Crippen molar-refractivity contribution in [2.24, 2.45) is 0 Å². The molecule has 1 amide bonds. The summed E-state index contributed by atoms with van der Waals surface area (Å²) in [7, 11) is 1.57.